The van der Waals surface area contributed by atoms with Crippen LogP contribution in [0.2, 0.25) is 5.02 Å². The number of halogens is 1. The zero-order chi connectivity index (χ0) is 25.0. The van der Waals surface area contributed by atoms with Crippen molar-refractivity contribution < 1.29 is 14.7 Å². The first-order chi connectivity index (χ1) is 16.6. The van der Waals surface area contributed by atoms with Gasteiger partial charge in [0, 0.05) is 10.6 Å². The van der Waals surface area contributed by atoms with E-state index in [1.165, 1.54) is 0 Å². The standard InChI is InChI=1S/C29H33ClN2O3/c1-28(2,3)22-13-15-29(16-14-22)31-24(21-5-4-6-23(30)17-21)26(33)32(29)25(18-7-8-18)19-9-11-20(12-10-19)27(34)35/h4-6,9-12,17-18,22,25H,7-8,13-16H2,1-3H3,(H,34,35)/t22?,25-,29?/m1/s1. The van der Waals surface area contributed by atoms with Crippen molar-refractivity contribution in [3.05, 3.63) is 70.2 Å². The van der Waals surface area contributed by atoms with Gasteiger partial charge in [-0.1, -0.05) is 56.6 Å². The van der Waals surface area contributed by atoms with Gasteiger partial charge in [-0.15, -0.1) is 0 Å². The minimum absolute atomic E-state index is 0.0410. The summed E-state index contributed by atoms with van der Waals surface area (Å²) in [5.74, 6) is -0.0357. The Hall–Kier alpha value is -2.66. The van der Waals surface area contributed by atoms with Crippen LogP contribution in [0, 0.1) is 17.3 Å². The summed E-state index contributed by atoms with van der Waals surface area (Å²) in [5.41, 5.74) is 2.15. The first-order valence-electron chi connectivity index (χ1n) is 12.6. The van der Waals surface area contributed by atoms with E-state index in [1.807, 2.05) is 36.4 Å². The molecule has 0 bridgehead atoms. The highest BCUT2D eigenvalue weighted by atomic mass is 35.5. The molecule has 5 nitrogen and oxygen atoms in total. The lowest BCUT2D eigenvalue weighted by atomic mass is 9.69. The number of aromatic carboxylic acids is 1. The predicted octanol–water partition coefficient (Wildman–Crippen LogP) is 6.75. The van der Waals surface area contributed by atoms with Crippen LogP contribution in [-0.2, 0) is 4.79 Å². The smallest absolute Gasteiger partial charge is 0.335 e. The lowest BCUT2D eigenvalue weighted by Crippen LogP contribution is -2.52. The number of aliphatic imine (C=N–C) groups is 1. The number of carboxylic acids is 1. The number of carboxylic acid groups (broad SMARTS) is 1. The summed E-state index contributed by atoms with van der Waals surface area (Å²) < 4.78 is 0. The van der Waals surface area contributed by atoms with E-state index in [9.17, 15) is 14.7 Å². The van der Waals surface area contributed by atoms with Crippen LogP contribution in [-0.4, -0.2) is 33.3 Å². The number of hydrogen-bond acceptors (Lipinski definition) is 3. The summed E-state index contributed by atoms with van der Waals surface area (Å²) in [6.07, 6.45) is 5.83. The molecule has 35 heavy (non-hydrogen) atoms. The maximum absolute atomic E-state index is 14.1. The molecule has 6 heteroatoms. The number of nitrogens with zero attached hydrogens (tertiary/aromatic N) is 2. The van der Waals surface area contributed by atoms with Crippen LogP contribution in [0.3, 0.4) is 0 Å². The average Bonchev–Trinajstić information content (AvgIpc) is 3.61. The van der Waals surface area contributed by atoms with Crippen LogP contribution in [0.15, 0.2) is 53.5 Å². The van der Waals surface area contributed by atoms with Gasteiger partial charge >= 0.3 is 5.97 Å². The van der Waals surface area contributed by atoms with Crippen LogP contribution in [0.1, 0.15) is 86.8 Å². The topological polar surface area (TPSA) is 70.0 Å². The van der Waals surface area contributed by atoms with Gasteiger partial charge < -0.3 is 10.0 Å². The van der Waals surface area contributed by atoms with Crippen molar-refractivity contribution in [2.75, 3.05) is 0 Å². The molecule has 0 aromatic heterocycles. The molecule has 2 saturated carbocycles. The van der Waals surface area contributed by atoms with Crippen molar-refractivity contribution in [3.8, 4) is 0 Å². The molecule has 1 N–H and O–H groups in total. The number of carbonyl (C=O) groups excluding carboxylic acids is 1. The van der Waals surface area contributed by atoms with Crippen molar-refractivity contribution in [2.24, 2.45) is 22.2 Å². The fourth-order valence-electron chi connectivity index (χ4n) is 5.99. The Bertz CT molecular complexity index is 1170. The van der Waals surface area contributed by atoms with Gasteiger partial charge in [-0.2, -0.15) is 0 Å². The Morgan fingerprint density at radius 2 is 1.74 bits per heavy atom. The summed E-state index contributed by atoms with van der Waals surface area (Å²) in [5, 5.41) is 9.96. The molecular weight excluding hydrogens is 460 g/mol. The molecule has 2 aliphatic carbocycles. The molecule has 0 radical (unpaired) electrons. The Morgan fingerprint density at radius 3 is 2.29 bits per heavy atom. The Morgan fingerprint density at radius 1 is 1.09 bits per heavy atom. The summed E-state index contributed by atoms with van der Waals surface area (Å²) >= 11 is 6.29. The molecule has 5 rings (SSSR count). The number of amides is 1. The highest BCUT2D eigenvalue weighted by molar-refractivity contribution is 6.47. The number of benzene rings is 2. The van der Waals surface area contributed by atoms with Crippen LogP contribution >= 0.6 is 11.6 Å². The molecular formula is C29H33ClN2O3. The first kappa shape index (κ1) is 24.1. The molecule has 184 valence electrons. The Balaban J connectivity index is 1.57. The third-order valence-electron chi connectivity index (χ3n) is 8.14. The highest BCUT2D eigenvalue weighted by Gasteiger charge is 2.55. The second-order valence-corrected chi connectivity index (χ2v) is 11.9. The quantitative estimate of drug-likeness (QED) is 0.501. The molecule has 1 atom stereocenters. The zero-order valence-electron chi connectivity index (χ0n) is 20.6. The van der Waals surface area contributed by atoms with Gasteiger partial charge in [0.15, 0.2) is 0 Å². The molecule has 1 amide bonds. The van der Waals surface area contributed by atoms with Gasteiger partial charge in [0.1, 0.15) is 11.4 Å². The summed E-state index contributed by atoms with van der Waals surface area (Å²) in [7, 11) is 0. The SMILES string of the molecule is CC(C)(C)C1CCC2(CC1)N=C(c1cccc(Cl)c1)C(=O)N2[C@@H](c1ccc(C(=O)O)cc1)C1CC1. The zero-order valence-corrected chi connectivity index (χ0v) is 21.4. The molecule has 2 aromatic rings. The number of rotatable bonds is 5. The predicted molar refractivity (Wildman–Crippen MR) is 138 cm³/mol. The molecule has 2 aromatic carbocycles. The summed E-state index contributed by atoms with van der Waals surface area (Å²) in [6, 6.07) is 14.4. The van der Waals surface area contributed by atoms with Gasteiger partial charge in [0.2, 0.25) is 0 Å². The van der Waals surface area contributed by atoms with E-state index in [0.717, 1.165) is 49.7 Å². The minimum Gasteiger partial charge on any atom is -0.478 e. The van der Waals surface area contributed by atoms with E-state index < -0.39 is 11.6 Å². The molecule has 1 spiro atoms. The lowest BCUT2D eigenvalue weighted by Gasteiger charge is -2.47. The Labute approximate surface area is 212 Å². The van der Waals surface area contributed by atoms with Crippen LogP contribution in [0.5, 0.6) is 0 Å². The molecule has 1 heterocycles. The molecule has 0 saturated heterocycles. The van der Waals surface area contributed by atoms with Crippen LogP contribution < -0.4 is 0 Å². The lowest BCUT2D eigenvalue weighted by molar-refractivity contribution is -0.134. The van der Waals surface area contributed by atoms with Crippen molar-refractivity contribution in [1.29, 1.82) is 0 Å². The Kier molecular flexibility index (Phi) is 6.03. The molecule has 3 aliphatic rings. The van der Waals surface area contributed by atoms with Gasteiger partial charge in [-0.3, -0.25) is 9.79 Å². The fraction of sp³-hybridized carbons (Fsp3) is 0.483. The third-order valence-corrected chi connectivity index (χ3v) is 8.38. The van der Waals surface area contributed by atoms with Crippen molar-refractivity contribution in [1.82, 2.24) is 4.90 Å². The summed E-state index contributed by atoms with van der Waals surface area (Å²) in [6.45, 7) is 6.89. The van der Waals surface area contributed by atoms with E-state index in [4.69, 9.17) is 16.6 Å². The second-order valence-electron chi connectivity index (χ2n) is 11.5. The maximum Gasteiger partial charge on any atom is 0.335 e. The summed E-state index contributed by atoms with van der Waals surface area (Å²) in [4.78, 5) is 32.9. The number of carbonyl (C=O) groups is 2. The van der Waals surface area contributed by atoms with Crippen LogP contribution in [0.25, 0.3) is 0 Å². The largest absolute Gasteiger partial charge is 0.478 e. The van der Waals surface area contributed by atoms with Gasteiger partial charge in [0.25, 0.3) is 5.91 Å². The van der Waals surface area contributed by atoms with E-state index in [2.05, 4.69) is 25.7 Å². The maximum atomic E-state index is 14.1. The first-order valence-corrected chi connectivity index (χ1v) is 13.0. The average molecular weight is 493 g/mol. The monoisotopic (exact) mass is 492 g/mol. The van der Waals surface area contributed by atoms with E-state index in [-0.39, 0.29) is 22.9 Å². The van der Waals surface area contributed by atoms with Crippen molar-refractivity contribution in [2.45, 2.75) is 71.0 Å². The van der Waals surface area contributed by atoms with E-state index in [0.29, 0.717) is 22.6 Å². The van der Waals surface area contributed by atoms with Crippen LogP contribution in [0.4, 0.5) is 0 Å². The van der Waals surface area contributed by atoms with E-state index in [1.54, 1.807) is 12.1 Å². The highest BCUT2D eigenvalue weighted by Crippen LogP contribution is 2.54. The van der Waals surface area contributed by atoms with Gasteiger partial charge in [-0.05, 0) is 85.6 Å². The second kappa shape index (κ2) is 8.77. The minimum atomic E-state index is -0.944. The van der Waals surface area contributed by atoms with Crippen molar-refractivity contribution >= 4 is 29.2 Å². The van der Waals surface area contributed by atoms with Gasteiger partial charge in [0.05, 0.1) is 11.6 Å². The van der Waals surface area contributed by atoms with E-state index >= 15 is 0 Å². The number of hydrogen-bond donors (Lipinski definition) is 1. The van der Waals surface area contributed by atoms with Gasteiger partial charge in [-0.25, -0.2) is 4.79 Å². The third kappa shape index (κ3) is 4.51. The molecule has 0 unspecified atom stereocenters. The van der Waals surface area contributed by atoms with Crippen molar-refractivity contribution in [3.63, 3.8) is 0 Å². The normalized spacial score (nSPS) is 25.6. The molecule has 2 fully saturated rings. The molecule has 1 aliphatic heterocycles. The fourth-order valence-corrected chi connectivity index (χ4v) is 6.18.